The largest absolute Gasteiger partial charge is 0.207 e. The minimum atomic E-state index is -1.07. The number of hydrogen-bond donors (Lipinski definition) is 0. The summed E-state index contributed by atoms with van der Waals surface area (Å²) >= 11 is 13.2. The van der Waals surface area contributed by atoms with Gasteiger partial charge >= 0.3 is 0 Å². The molecule has 23 heavy (non-hydrogen) atoms. The van der Waals surface area contributed by atoms with E-state index in [2.05, 4.69) is 10.2 Å². The van der Waals surface area contributed by atoms with Gasteiger partial charge in [-0.2, -0.15) is 5.10 Å². The van der Waals surface area contributed by atoms with Crippen molar-refractivity contribution in [3.05, 3.63) is 56.2 Å². The Morgan fingerprint density at radius 3 is 2.13 bits per heavy atom. The van der Waals surface area contributed by atoms with E-state index in [-0.39, 0.29) is 10.7 Å². The number of aryl methyl sites for hydroxylation is 1. The standard InChI is InChI=1S/C15H7Cl2F3N2S/c1-6-12(7-2-11(16)23-5-7)14(15(17)22-21-6)13-9(19)3-8(18)4-10(13)20/h2-5H,1H3. The molecule has 8 heteroatoms. The normalized spacial score (nSPS) is 11.0. The Morgan fingerprint density at radius 1 is 0.913 bits per heavy atom. The van der Waals surface area contributed by atoms with Gasteiger partial charge in [0.05, 0.1) is 15.6 Å². The summed E-state index contributed by atoms with van der Waals surface area (Å²) in [6, 6.07) is 2.82. The Kier molecular flexibility index (Phi) is 4.31. The highest BCUT2D eigenvalue weighted by atomic mass is 35.5. The maximum atomic E-state index is 14.2. The van der Waals surface area contributed by atoms with E-state index in [4.69, 9.17) is 23.2 Å². The fraction of sp³-hybridized carbons (Fsp3) is 0.0667. The molecule has 0 unspecified atom stereocenters. The highest BCUT2D eigenvalue weighted by molar-refractivity contribution is 7.14. The monoisotopic (exact) mass is 374 g/mol. The summed E-state index contributed by atoms with van der Waals surface area (Å²) in [7, 11) is 0. The predicted molar refractivity (Wildman–Crippen MR) is 85.4 cm³/mol. The van der Waals surface area contributed by atoms with Gasteiger partial charge in [0.2, 0.25) is 0 Å². The summed E-state index contributed by atoms with van der Waals surface area (Å²) < 4.78 is 42.1. The van der Waals surface area contributed by atoms with Crippen molar-refractivity contribution in [1.82, 2.24) is 10.2 Å². The molecule has 118 valence electrons. The Bertz CT molecular complexity index is 889. The first-order valence-corrected chi connectivity index (χ1v) is 7.94. The lowest BCUT2D eigenvalue weighted by atomic mass is 9.96. The number of aromatic nitrogens is 2. The maximum Gasteiger partial charge on any atom is 0.160 e. The fourth-order valence-electron chi connectivity index (χ4n) is 2.31. The van der Waals surface area contributed by atoms with E-state index in [0.29, 0.717) is 33.3 Å². The highest BCUT2D eigenvalue weighted by Gasteiger charge is 2.24. The van der Waals surface area contributed by atoms with Crippen LogP contribution in [0.15, 0.2) is 23.6 Å². The summed E-state index contributed by atoms with van der Waals surface area (Å²) in [5.41, 5.74) is 0.988. The molecule has 3 rings (SSSR count). The van der Waals surface area contributed by atoms with Crippen LogP contribution in [-0.2, 0) is 0 Å². The van der Waals surface area contributed by atoms with E-state index in [1.807, 2.05) is 0 Å². The van der Waals surface area contributed by atoms with Crippen LogP contribution in [0.1, 0.15) is 5.69 Å². The van der Waals surface area contributed by atoms with E-state index < -0.39 is 23.0 Å². The van der Waals surface area contributed by atoms with Crippen LogP contribution in [0.3, 0.4) is 0 Å². The molecule has 0 radical (unpaired) electrons. The van der Waals surface area contributed by atoms with E-state index in [1.165, 1.54) is 11.3 Å². The van der Waals surface area contributed by atoms with Crippen LogP contribution < -0.4 is 0 Å². The van der Waals surface area contributed by atoms with Crippen LogP contribution in [0.25, 0.3) is 22.3 Å². The van der Waals surface area contributed by atoms with Gasteiger partial charge in [0.25, 0.3) is 0 Å². The van der Waals surface area contributed by atoms with E-state index in [9.17, 15) is 13.2 Å². The molecule has 2 nitrogen and oxygen atoms in total. The molecule has 0 aliphatic carbocycles. The van der Waals surface area contributed by atoms with Crippen LogP contribution in [0.5, 0.6) is 0 Å². The molecule has 0 fully saturated rings. The summed E-state index contributed by atoms with van der Waals surface area (Å²) in [5.74, 6) is -3.16. The lowest BCUT2D eigenvalue weighted by Gasteiger charge is -2.13. The molecule has 3 aromatic rings. The first-order chi connectivity index (χ1) is 10.9. The van der Waals surface area contributed by atoms with E-state index in [1.54, 1.807) is 18.4 Å². The molecule has 0 aliphatic heterocycles. The first-order valence-electron chi connectivity index (χ1n) is 6.30. The molecule has 0 N–H and O–H groups in total. The van der Waals surface area contributed by atoms with Gasteiger partial charge in [-0.1, -0.05) is 23.2 Å². The molecular weight excluding hydrogens is 368 g/mol. The van der Waals surface area contributed by atoms with Gasteiger partial charge in [0, 0.05) is 28.6 Å². The Morgan fingerprint density at radius 2 is 1.57 bits per heavy atom. The SMILES string of the molecule is Cc1nnc(Cl)c(-c2c(F)cc(F)cc2F)c1-c1csc(Cl)c1. The summed E-state index contributed by atoms with van der Waals surface area (Å²) in [6.45, 7) is 1.63. The summed E-state index contributed by atoms with van der Waals surface area (Å²) in [4.78, 5) is 0. The average Bonchev–Trinajstić information content (AvgIpc) is 2.88. The molecule has 0 saturated heterocycles. The van der Waals surface area contributed by atoms with E-state index >= 15 is 0 Å². The molecule has 0 atom stereocenters. The van der Waals surface area contributed by atoms with Crippen molar-refractivity contribution in [1.29, 1.82) is 0 Å². The van der Waals surface area contributed by atoms with Crippen LogP contribution >= 0.6 is 34.5 Å². The Balaban J connectivity index is 2.39. The lowest BCUT2D eigenvalue weighted by Crippen LogP contribution is -2.01. The average molecular weight is 375 g/mol. The highest BCUT2D eigenvalue weighted by Crippen LogP contribution is 2.42. The van der Waals surface area contributed by atoms with Crippen molar-refractivity contribution in [3.8, 4) is 22.3 Å². The van der Waals surface area contributed by atoms with Crippen molar-refractivity contribution >= 4 is 34.5 Å². The zero-order valence-electron chi connectivity index (χ0n) is 11.5. The molecule has 0 spiro atoms. The molecule has 0 saturated carbocycles. The van der Waals surface area contributed by atoms with Crippen molar-refractivity contribution in [2.75, 3.05) is 0 Å². The summed E-state index contributed by atoms with van der Waals surface area (Å²) in [6.07, 6.45) is 0. The Labute approximate surface area is 143 Å². The van der Waals surface area contributed by atoms with Crippen LogP contribution in [0.2, 0.25) is 9.49 Å². The fourth-order valence-corrected chi connectivity index (χ4v) is 3.40. The van der Waals surface area contributed by atoms with Gasteiger partial charge in [-0.15, -0.1) is 16.4 Å². The van der Waals surface area contributed by atoms with Gasteiger partial charge < -0.3 is 0 Å². The third kappa shape index (κ3) is 2.94. The number of nitrogens with zero attached hydrogens (tertiary/aromatic N) is 2. The van der Waals surface area contributed by atoms with Crippen LogP contribution in [0, 0.1) is 24.4 Å². The molecule has 0 aliphatic rings. The van der Waals surface area contributed by atoms with Gasteiger partial charge in [0.15, 0.2) is 5.15 Å². The predicted octanol–water partition coefficient (Wildman–Crippen LogP) is 5.90. The van der Waals surface area contributed by atoms with Gasteiger partial charge in [0.1, 0.15) is 17.5 Å². The van der Waals surface area contributed by atoms with Crippen LogP contribution in [0.4, 0.5) is 13.2 Å². The zero-order valence-corrected chi connectivity index (χ0v) is 13.8. The summed E-state index contributed by atoms with van der Waals surface area (Å²) in [5, 5.41) is 9.13. The van der Waals surface area contributed by atoms with Crippen molar-refractivity contribution in [3.63, 3.8) is 0 Å². The number of hydrogen-bond acceptors (Lipinski definition) is 3. The number of benzene rings is 1. The first kappa shape index (κ1) is 16.2. The molecule has 2 heterocycles. The molecule has 0 bridgehead atoms. The zero-order chi connectivity index (χ0) is 16.7. The van der Waals surface area contributed by atoms with Crippen molar-refractivity contribution in [2.45, 2.75) is 6.92 Å². The maximum absolute atomic E-state index is 14.2. The number of halogens is 5. The topological polar surface area (TPSA) is 25.8 Å². The minimum absolute atomic E-state index is 0.0173. The number of thiophene rings is 1. The molecule has 1 aromatic carbocycles. The van der Waals surface area contributed by atoms with Gasteiger partial charge in [-0.3, -0.25) is 0 Å². The second kappa shape index (κ2) is 6.11. The third-order valence-corrected chi connectivity index (χ3v) is 4.57. The second-order valence-electron chi connectivity index (χ2n) is 4.71. The minimum Gasteiger partial charge on any atom is -0.207 e. The number of rotatable bonds is 2. The third-order valence-electron chi connectivity index (χ3n) is 3.22. The second-order valence-corrected chi connectivity index (χ2v) is 6.61. The van der Waals surface area contributed by atoms with Gasteiger partial charge in [-0.25, -0.2) is 13.2 Å². The van der Waals surface area contributed by atoms with Crippen LogP contribution in [-0.4, -0.2) is 10.2 Å². The van der Waals surface area contributed by atoms with E-state index in [0.717, 1.165) is 0 Å². The van der Waals surface area contributed by atoms with Crippen molar-refractivity contribution < 1.29 is 13.2 Å². The molecule has 0 amide bonds. The quantitative estimate of drug-likeness (QED) is 0.557. The molecular formula is C15H7Cl2F3N2S. The smallest absolute Gasteiger partial charge is 0.160 e. The molecule has 2 aromatic heterocycles. The Hall–Kier alpha value is -1.63. The van der Waals surface area contributed by atoms with Crippen molar-refractivity contribution in [2.24, 2.45) is 0 Å². The van der Waals surface area contributed by atoms with Gasteiger partial charge in [-0.05, 0) is 18.6 Å². The lowest BCUT2D eigenvalue weighted by molar-refractivity contribution is 0.548.